The first-order chi connectivity index (χ1) is 14.7. The number of aryl methyl sites for hydroxylation is 1. The van der Waals surface area contributed by atoms with Crippen LogP contribution in [0.1, 0.15) is 31.0 Å². The number of hydrogen-bond acceptors (Lipinski definition) is 8. The Morgan fingerprint density at radius 2 is 1.84 bits per heavy atom. The molecule has 2 aromatic rings. The quantitative estimate of drug-likeness (QED) is 0.662. The Bertz CT molecular complexity index is 1040. The Balaban J connectivity index is 1.59. The van der Waals surface area contributed by atoms with Gasteiger partial charge in [-0.1, -0.05) is 5.16 Å². The largest absolute Gasteiger partial charge is 0.408 e. The molecule has 3 atom stereocenters. The van der Waals surface area contributed by atoms with Gasteiger partial charge in [0.15, 0.2) is 11.6 Å². The predicted octanol–water partition coefficient (Wildman–Crippen LogP) is 1.78. The smallest absolute Gasteiger partial charge is 0.371 e. The number of fused-ring (bicyclic) bond motifs is 3. The van der Waals surface area contributed by atoms with Crippen LogP contribution in [0.2, 0.25) is 0 Å². The molecule has 5 heterocycles. The van der Waals surface area contributed by atoms with Gasteiger partial charge in [0.1, 0.15) is 6.04 Å². The highest BCUT2D eigenvalue weighted by Gasteiger charge is 2.48. The zero-order valence-corrected chi connectivity index (χ0v) is 16.6. The molecule has 0 amide bonds. The lowest BCUT2D eigenvalue weighted by Gasteiger charge is -2.39. The predicted molar refractivity (Wildman–Crippen MR) is 98.2 cm³/mol. The van der Waals surface area contributed by atoms with Crippen molar-refractivity contribution in [3.8, 4) is 0 Å². The lowest BCUT2D eigenvalue weighted by Crippen LogP contribution is -2.53. The first-order valence-corrected chi connectivity index (χ1v) is 10.0. The molecule has 0 aliphatic carbocycles. The minimum atomic E-state index is -4.59. The number of morpholine rings is 1. The second kappa shape index (κ2) is 7.18. The summed E-state index contributed by atoms with van der Waals surface area (Å²) in [7, 11) is 0. The van der Waals surface area contributed by atoms with Gasteiger partial charge in [0.2, 0.25) is 17.7 Å². The summed E-state index contributed by atoms with van der Waals surface area (Å²) in [6, 6.07) is -1.92. The van der Waals surface area contributed by atoms with Crippen LogP contribution in [0.5, 0.6) is 0 Å². The highest BCUT2D eigenvalue weighted by atomic mass is 19.4. The second-order valence-corrected chi connectivity index (χ2v) is 8.07. The van der Waals surface area contributed by atoms with Gasteiger partial charge in [0.25, 0.3) is 5.56 Å². The van der Waals surface area contributed by atoms with Crippen molar-refractivity contribution in [2.24, 2.45) is 0 Å². The lowest BCUT2D eigenvalue weighted by molar-refractivity contribution is -0.153. The van der Waals surface area contributed by atoms with E-state index in [4.69, 9.17) is 9.26 Å². The summed E-state index contributed by atoms with van der Waals surface area (Å²) in [5.74, 6) is -1.34. The number of anilines is 2. The average molecular weight is 444 g/mol. The van der Waals surface area contributed by atoms with Crippen molar-refractivity contribution < 1.29 is 26.8 Å². The molecule has 2 fully saturated rings. The van der Waals surface area contributed by atoms with Crippen LogP contribution in [-0.4, -0.2) is 57.2 Å². The van der Waals surface area contributed by atoms with Crippen LogP contribution in [0.3, 0.4) is 0 Å². The van der Waals surface area contributed by atoms with E-state index in [2.05, 4.69) is 15.1 Å². The molecule has 31 heavy (non-hydrogen) atoms. The minimum Gasteiger partial charge on any atom is -0.371 e. The monoisotopic (exact) mass is 444 g/mol. The molecule has 3 aliphatic rings. The van der Waals surface area contributed by atoms with Crippen molar-refractivity contribution in [2.75, 3.05) is 22.9 Å². The third kappa shape index (κ3) is 3.54. The lowest BCUT2D eigenvalue weighted by atomic mass is 10.1. The molecule has 2 aromatic heterocycles. The molecule has 0 radical (unpaired) electrons. The third-order valence-corrected chi connectivity index (χ3v) is 5.94. The van der Waals surface area contributed by atoms with E-state index in [1.807, 2.05) is 0 Å². The van der Waals surface area contributed by atoms with Crippen molar-refractivity contribution in [1.29, 1.82) is 0 Å². The number of nitrogens with zero attached hydrogens (tertiary/aromatic N) is 6. The summed E-state index contributed by atoms with van der Waals surface area (Å²) in [4.78, 5) is 23.5. The highest BCUT2D eigenvalue weighted by Crippen LogP contribution is 2.36. The van der Waals surface area contributed by atoms with Crippen LogP contribution < -0.4 is 15.4 Å². The van der Waals surface area contributed by atoms with Crippen LogP contribution in [0.4, 0.5) is 29.3 Å². The second-order valence-electron chi connectivity index (χ2n) is 8.07. The summed E-state index contributed by atoms with van der Waals surface area (Å²) < 4.78 is 68.0. The number of aromatic nitrogens is 4. The molecule has 2 bridgehead atoms. The van der Waals surface area contributed by atoms with Gasteiger partial charge in [0.05, 0.1) is 18.8 Å². The summed E-state index contributed by atoms with van der Waals surface area (Å²) in [5, 5.41) is 3.67. The van der Waals surface area contributed by atoms with Crippen molar-refractivity contribution in [2.45, 2.75) is 63.7 Å². The molecule has 0 aromatic carbocycles. The molecule has 13 heteroatoms. The maximum Gasteiger partial charge on any atom is 0.408 e. The van der Waals surface area contributed by atoms with Gasteiger partial charge >= 0.3 is 6.18 Å². The van der Waals surface area contributed by atoms with Crippen molar-refractivity contribution >= 4 is 11.8 Å². The zero-order valence-electron chi connectivity index (χ0n) is 16.6. The van der Waals surface area contributed by atoms with Crippen LogP contribution in [0, 0.1) is 12.7 Å². The van der Waals surface area contributed by atoms with Crippen LogP contribution in [0.25, 0.3) is 0 Å². The molecule has 0 N–H and O–H groups in total. The van der Waals surface area contributed by atoms with E-state index in [-0.39, 0.29) is 48.8 Å². The third-order valence-electron chi connectivity index (χ3n) is 5.94. The van der Waals surface area contributed by atoms with E-state index in [1.54, 1.807) is 4.90 Å². The number of ether oxygens (including phenoxy) is 1. The van der Waals surface area contributed by atoms with Crippen molar-refractivity contribution in [3.63, 3.8) is 0 Å². The molecule has 168 valence electrons. The molecule has 0 saturated carbocycles. The zero-order chi connectivity index (χ0) is 21.9. The van der Waals surface area contributed by atoms with E-state index in [0.717, 1.165) is 22.3 Å². The van der Waals surface area contributed by atoms with Crippen molar-refractivity contribution in [3.05, 3.63) is 27.9 Å². The molecule has 9 nitrogen and oxygen atoms in total. The summed E-state index contributed by atoms with van der Waals surface area (Å²) in [6.45, 7) is 1.50. The topological polar surface area (TPSA) is 89.5 Å². The fourth-order valence-corrected chi connectivity index (χ4v) is 4.55. The van der Waals surface area contributed by atoms with Gasteiger partial charge in [-0.05, 0) is 19.3 Å². The summed E-state index contributed by atoms with van der Waals surface area (Å²) >= 11 is 0. The fraction of sp³-hybridized carbons (Fsp3) is 0.667. The Morgan fingerprint density at radius 1 is 1.13 bits per heavy atom. The standard InChI is InChI=1S/C18H20F4N6O3/c1-9-23-13(25-31-9)8-28-12(18(20,21)22)4-5-27-16(29)14(19)15(24-17(27)28)26-6-10-2-3-11(7-26)30-10/h10-12H,2-8H2,1H3. The van der Waals surface area contributed by atoms with Gasteiger partial charge in [-0.15, -0.1) is 0 Å². The molecule has 5 rings (SSSR count). The Morgan fingerprint density at radius 3 is 2.45 bits per heavy atom. The van der Waals surface area contributed by atoms with Crippen LogP contribution in [0.15, 0.2) is 9.32 Å². The van der Waals surface area contributed by atoms with Gasteiger partial charge in [-0.3, -0.25) is 9.36 Å². The van der Waals surface area contributed by atoms with Crippen LogP contribution in [-0.2, 0) is 17.8 Å². The summed E-state index contributed by atoms with van der Waals surface area (Å²) in [5.41, 5.74) is -0.992. The van der Waals surface area contributed by atoms with E-state index in [1.165, 1.54) is 6.92 Å². The maximum atomic E-state index is 15.0. The number of rotatable bonds is 3. The van der Waals surface area contributed by atoms with E-state index in [9.17, 15) is 22.4 Å². The molecular formula is C18H20F4N6O3. The number of alkyl halides is 3. The molecule has 3 aliphatic heterocycles. The fourth-order valence-electron chi connectivity index (χ4n) is 4.55. The minimum absolute atomic E-state index is 0.0183. The van der Waals surface area contributed by atoms with Gasteiger partial charge < -0.3 is 19.1 Å². The van der Waals surface area contributed by atoms with Gasteiger partial charge in [-0.25, -0.2) is 0 Å². The molecular weight excluding hydrogens is 424 g/mol. The first-order valence-electron chi connectivity index (χ1n) is 10.0. The Hall–Kier alpha value is -2.70. The molecule has 3 unspecified atom stereocenters. The average Bonchev–Trinajstić information content (AvgIpc) is 3.27. The van der Waals surface area contributed by atoms with Crippen molar-refractivity contribution in [1.82, 2.24) is 19.7 Å². The first kappa shape index (κ1) is 20.2. The van der Waals surface area contributed by atoms with Gasteiger partial charge in [0, 0.05) is 26.6 Å². The highest BCUT2D eigenvalue weighted by molar-refractivity contribution is 5.48. The maximum absolute atomic E-state index is 15.0. The Kier molecular flexibility index (Phi) is 4.68. The van der Waals surface area contributed by atoms with Gasteiger partial charge in [-0.2, -0.15) is 27.5 Å². The summed E-state index contributed by atoms with van der Waals surface area (Å²) in [6.07, 6.45) is -3.61. The number of hydrogen-bond donors (Lipinski definition) is 0. The van der Waals surface area contributed by atoms with E-state index in [0.29, 0.717) is 13.1 Å². The Labute approximate surface area is 173 Å². The number of halogens is 4. The van der Waals surface area contributed by atoms with E-state index < -0.39 is 30.0 Å². The SMILES string of the molecule is Cc1nc(CN2c3nc(N4CC5CCC(C4)O5)c(F)c(=O)n3CCC2C(F)(F)F)no1. The van der Waals surface area contributed by atoms with Crippen LogP contribution >= 0.6 is 0 Å². The molecule has 2 saturated heterocycles. The molecule has 0 spiro atoms. The van der Waals surface area contributed by atoms with E-state index >= 15 is 0 Å². The normalized spacial score (nSPS) is 25.8.